The molecule has 0 saturated carbocycles. The number of nitrogen functional groups attached to an aromatic ring is 1. The number of para-hydroxylation sites is 2. The lowest BCUT2D eigenvalue weighted by atomic mass is 9.83. The summed E-state index contributed by atoms with van der Waals surface area (Å²) in [5.74, 6) is -2.62. The lowest BCUT2D eigenvalue weighted by molar-refractivity contribution is 0.445. The molecule has 8 aromatic carbocycles. The Morgan fingerprint density at radius 2 is 0.938 bits per heavy atom. The van der Waals surface area contributed by atoms with E-state index in [2.05, 4.69) is 4.98 Å². The minimum atomic E-state index is -0.786. The summed E-state index contributed by atoms with van der Waals surface area (Å²) in [7, 11) is 1.74. The number of hydrogen-bond acceptors (Lipinski definition) is 20. The van der Waals surface area contributed by atoms with Crippen LogP contribution in [-0.2, 0) is 12.5 Å². The molecule has 0 amide bonds. The molecular formula is C85H56ClF2N7O16S2. The van der Waals surface area contributed by atoms with Crippen molar-refractivity contribution < 1.29 is 46.9 Å². The molecule has 0 saturated heterocycles. The third-order valence-electron chi connectivity index (χ3n) is 18.6. The van der Waals surface area contributed by atoms with Crippen LogP contribution < -0.4 is 50.5 Å². The van der Waals surface area contributed by atoms with E-state index in [9.17, 15) is 67.6 Å². The Hall–Kier alpha value is -14.3. The monoisotopic (exact) mass is 1570 g/mol. The summed E-state index contributed by atoms with van der Waals surface area (Å²) in [6.07, 6.45) is 3.24. The number of pyridine rings is 4. The third kappa shape index (κ3) is 13.9. The maximum atomic E-state index is 13.7. The number of aromatic nitrogens is 6. The van der Waals surface area contributed by atoms with Crippen LogP contribution in [0.2, 0.25) is 5.02 Å². The molecule has 0 unspecified atom stereocenters. The minimum absolute atomic E-state index is 0.00727. The fourth-order valence-electron chi connectivity index (χ4n) is 13.3. The van der Waals surface area contributed by atoms with Gasteiger partial charge in [-0.2, -0.15) is 0 Å². The van der Waals surface area contributed by atoms with Crippen LogP contribution in [0.4, 0.5) is 14.5 Å². The first-order chi connectivity index (χ1) is 54.3. The number of nitrogens with zero attached hydrogens (tertiary/aromatic N) is 6. The second-order valence-electron chi connectivity index (χ2n) is 26.0. The molecule has 0 radical (unpaired) electrons. The van der Waals surface area contributed by atoms with Gasteiger partial charge in [-0.3, -0.25) is 37.4 Å². The normalized spacial score (nSPS) is 11.9. The van der Waals surface area contributed by atoms with E-state index in [0.717, 1.165) is 41.2 Å². The summed E-state index contributed by atoms with van der Waals surface area (Å²) in [6.45, 7) is 3.93. The van der Waals surface area contributed by atoms with Gasteiger partial charge < -0.3 is 48.4 Å². The summed E-state index contributed by atoms with van der Waals surface area (Å²) in [5.41, 5.74) is 7.37. The number of aromatic hydroxyl groups is 4. The predicted molar refractivity (Wildman–Crippen MR) is 427 cm³/mol. The highest BCUT2D eigenvalue weighted by Gasteiger charge is 2.38. The molecule has 17 aromatic rings. The lowest BCUT2D eigenvalue weighted by Gasteiger charge is -2.20. The van der Waals surface area contributed by atoms with Crippen LogP contribution in [0, 0.1) is 11.6 Å². The molecule has 23 nitrogen and oxygen atoms in total. The van der Waals surface area contributed by atoms with Crippen molar-refractivity contribution >= 4 is 95.6 Å². The number of anilines is 1. The van der Waals surface area contributed by atoms with Crippen LogP contribution in [0.15, 0.2) is 325 Å². The molecule has 0 aliphatic carbocycles. The van der Waals surface area contributed by atoms with Crippen LogP contribution in [0.3, 0.4) is 0 Å². The first kappa shape index (κ1) is 74.2. The average molecular weight is 1570 g/mol. The van der Waals surface area contributed by atoms with Crippen molar-refractivity contribution in [2.45, 2.75) is 39.1 Å². The molecule has 6 N–H and O–H groups in total. The largest absolute Gasteiger partial charge is 0.507 e. The van der Waals surface area contributed by atoms with Gasteiger partial charge in [0.05, 0.1) is 34.7 Å². The summed E-state index contributed by atoms with van der Waals surface area (Å²) in [5, 5.41) is 43.4. The molecule has 0 bridgehead atoms. The zero-order chi connectivity index (χ0) is 79.4. The van der Waals surface area contributed by atoms with Crippen LogP contribution in [0.1, 0.15) is 25.1 Å². The number of rotatable bonds is 9. The fraction of sp³-hybridized carbons (Fsp3) is 0.0471. The first-order valence-corrected chi connectivity index (χ1v) is 36.2. The van der Waals surface area contributed by atoms with Crippen molar-refractivity contribution in [1.29, 1.82) is 0 Å². The highest BCUT2D eigenvalue weighted by atomic mass is 35.5. The van der Waals surface area contributed by atoms with Gasteiger partial charge in [0, 0.05) is 86.8 Å². The fourth-order valence-corrected chi connectivity index (χ4v) is 15.1. The van der Waals surface area contributed by atoms with Gasteiger partial charge in [0.25, 0.3) is 22.2 Å². The Balaban J connectivity index is 0.000000121. The van der Waals surface area contributed by atoms with Crippen molar-refractivity contribution in [2.24, 2.45) is 7.05 Å². The third-order valence-corrected chi connectivity index (χ3v) is 21.0. The quantitative estimate of drug-likeness (QED) is 0.0662. The smallest absolute Gasteiger partial charge is 0.354 e. The molecule has 18 rings (SSSR count). The van der Waals surface area contributed by atoms with Crippen LogP contribution >= 0.6 is 35.1 Å². The van der Waals surface area contributed by atoms with E-state index < -0.39 is 73.3 Å². The second kappa shape index (κ2) is 29.9. The molecule has 1 aliphatic rings. The summed E-state index contributed by atoms with van der Waals surface area (Å²) in [4.78, 5) is 106. The Morgan fingerprint density at radius 3 is 1.48 bits per heavy atom. The van der Waals surface area contributed by atoms with Crippen molar-refractivity contribution in [3.05, 3.63) is 360 Å². The zero-order valence-electron chi connectivity index (χ0n) is 59.1. The lowest BCUT2D eigenvalue weighted by Crippen LogP contribution is -2.23. The molecule has 28 heteroatoms. The molecule has 560 valence electrons. The predicted octanol–water partition coefficient (Wildman–Crippen LogP) is 15.3. The summed E-state index contributed by atoms with van der Waals surface area (Å²) < 4.78 is 55.8. The van der Waals surface area contributed by atoms with Crippen molar-refractivity contribution in [3.8, 4) is 68.3 Å². The highest BCUT2D eigenvalue weighted by molar-refractivity contribution is 7.99. The van der Waals surface area contributed by atoms with Crippen molar-refractivity contribution in [3.63, 3.8) is 0 Å². The maximum absolute atomic E-state index is 13.7. The standard InChI is InChI=1S/C26H17FN2O4S.C24H16FN3O4S.C18H11NO4.C17H12ClNO4/c27-16-6-10-18(11-7-16)29-20(15-4-2-1-3-5-15)14-21-22(25(29)31)23(30)24(26(32)33-21)34-19-12-8-17(28)9-13-19;1-27-12-11-26-24(27)33-21-20(29)19-18(32-23(21)31)13-17(14-5-3-2-4-6-14)28(22(19)30)16-9-7-15(25)8-10-16;20-14-10-15(21)23-17-12-8-4-5-9-13(12)19(18(22)16(14)17)11-6-2-1-3-7-11;1-17(2)9-5-8(18)3-4-10(9)19-13(17)7-12-15(16(19)22)11(20)6-14(21)23-12/h1-14,30H,28H2;2-13,29H,1H3;1-10,20H;3-7,20H,1-2H3. The van der Waals surface area contributed by atoms with Crippen LogP contribution in [0.25, 0.3) is 100 Å². The van der Waals surface area contributed by atoms with Gasteiger partial charge in [0.15, 0.2) is 22.2 Å². The number of fused-ring (bicyclic) bond motifs is 9. The Bertz CT molecular complexity index is 7210. The number of aryl methyl sites for hydroxylation is 1. The molecule has 0 fully saturated rings. The van der Waals surface area contributed by atoms with Gasteiger partial charge in [-0.25, -0.2) is 32.9 Å². The van der Waals surface area contributed by atoms with Crippen molar-refractivity contribution in [1.82, 2.24) is 27.8 Å². The molecule has 9 aromatic heterocycles. The van der Waals surface area contributed by atoms with Crippen LogP contribution in [-0.4, -0.2) is 48.2 Å². The van der Waals surface area contributed by atoms with Gasteiger partial charge >= 0.3 is 22.5 Å². The van der Waals surface area contributed by atoms with Gasteiger partial charge in [-0.05, 0) is 144 Å². The van der Waals surface area contributed by atoms with Crippen molar-refractivity contribution in [2.75, 3.05) is 5.73 Å². The second-order valence-corrected chi connectivity index (χ2v) is 28.5. The zero-order valence-corrected chi connectivity index (χ0v) is 61.5. The molecule has 0 spiro atoms. The van der Waals surface area contributed by atoms with Gasteiger partial charge in [0.2, 0.25) is 0 Å². The first-order valence-electron chi connectivity index (χ1n) is 34.2. The highest BCUT2D eigenvalue weighted by Crippen LogP contribution is 2.45. The Kier molecular flexibility index (Phi) is 19.7. The van der Waals surface area contributed by atoms with Gasteiger partial charge in [0.1, 0.15) is 71.2 Å². The maximum Gasteiger partial charge on any atom is 0.354 e. The molecule has 0 atom stereocenters. The Labute approximate surface area is 646 Å². The summed E-state index contributed by atoms with van der Waals surface area (Å²) in [6, 6.07) is 63.6. The van der Waals surface area contributed by atoms with Gasteiger partial charge in [-0.1, -0.05) is 128 Å². The minimum Gasteiger partial charge on any atom is -0.507 e. The average Bonchev–Trinajstić information content (AvgIpc) is 1.54. The molecule has 10 heterocycles. The molecule has 113 heavy (non-hydrogen) atoms. The Morgan fingerprint density at radius 1 is 0.469 bits per heavy atom. The number of halogens is 3. The van der Waals surface area contributed by atoms with E-state index in [-0.39, 0.29) is 65.2 Å². The SMILES string of the molecule is CC1(C)c2cc(Cl)ccc2-n2c1cc1oc(=O)cc(O)c1c2=O.Cn1ccnc1Sc1c(O)c2c(=O)n(-c3ccc(F)cc3)c(-c3ccccc3)cc2oc1=O.Nc1ccc(Sc2c(O)c3c(=O)n(-c4ccc(F)cc4)c(-c4ccccc4)cc3oc2=O)cc1.O=c1cc(O)c2c(=O)n(-c3ccccc3)c3ccccc3c2o1. The molecular weight excluding hydrogens is 1510 g/mol. The van der Waals surface area contributed by atoms with E-state index in [1.165, 1.54) is 78.9 Å². The topological polar surface area (TPSA) is 334 Å². The van der Waals surface area contributed by atoms with E-state index in [0.29, 0.717) is 82.6 Å². The van der Waals surface area contributed by atoms with E-state index >= 15 is 0 Å². The van der Waals surface area contributed by atoms with E-state index in [1.54, 1.807) is 151 Å². The number of nitrogens with two attached hydrogens (primary N) is 1. The van der Waals surface area contributed by atoms with Gasteiger partial charge in [-0.15, -0.1) is 0 Å². The number of benzene rings is 8. The van der Waals surface area contributed by atoms with Crippen LogP contribution in [0.5, 0.6) is 23.0 Å². The number of imidazole rings is 1. The van der Waals surface area contributed by atoms with E-state index in [1.807, 2.05) is 50.2 Å². The summed E-state index contributed by atoms with van der Waals surface area (Å²) >= 11 is 7.96. The van der Waals surface area contributed by atoms with E-state index in [4.69, 9.17) is 35.0 Å². The number of hydrogen-bond donors (Lipinski definition) is 5. The molecule has 1 aliphatic heterocycles.